The zero-order chi connectivity index (χ0) is 20.1. The van der Waals surface area contributed by atoms with Gasteiger partial charge in [-0.15, -0.1) is 0 Å². The number of pyridine rings is 1. The quantitative estimate of drug-likeness (QED) is 0.577. The number of hydrogen-bond donors (Lipinski definition) is 1. The summed E-state index contributed by atoms with van der Waals surface area (Å²) in [5.74, 6) is 0.476. The van der Waals surface area contributed by atoms with Crippen molar-refractivity contribution < 1.29 is 14.3 Å². The lowest BCUT2D eigenvalue weighted by molar-refractivity contribution is -0.621. The molecule has 1 aromatic heterocycles. The van der Waals surface area contributed by atoms with E-state index in [1.807, 2.05) is 52.8 Å². The molecule has 2 rings (SSSR count). The highest BCUT2D eigenvalue weighted by molar-refractivity contribution is 6.07. The van der Waals surface area contributed by atoms with E-state index in [2.05, 4.69) is 5.32 Å². The number of aromatic nitrogens is 1. The number of anilines is 1. The summed E-state index contributed by atoms with van der Waals surface area (Å²) < 4.78 is 6.77. The maximum Gasteiger partial charge on any atom is 0.265 e. The van der Waals surface area contributed by atoms with Crippen LogP contribution in [-0.4, -0.2) is 12.5 Å². The lowest BCUT2D eigenvalue weighted by atomic mass is 10.0. The Morgan fingerprint density at radius 3 is 2.59 bits per heavy atom. The third kappa shape index (κ3) is 4.79. The molecular weight excluding hydrogens is 340 g/mol. The fraction of sp³-hybridized carbons (Fsp3) is 0.455. The van der Waals surface area contributed by atoms with Crippen molar-refractivity contribution >= 4 is 11.6 Å². The van der Waals surface area contributed by atoms with Crippen molar-refractivity contribution in [1.29, 1.82) is 0 Å². The molecule has 0 fully saturated rings. The van der Waals surface area contributed by atoms with Gasteiger partial charge in [0.25, 0.3) is 5.91 Å². The van der Waals surface area contributed by atoms with Crippen LogP contribution < -0.4 is 14.8 Å². The molecule has 5 heteroatoms. The van der Waals surface area contributed by atoms with Crippen LogP contribution in [0.3, 0.4) is 0 Å². The standard InChI is InChI=1S/C22H30N2O3/c1-7-9-19-21(20(27-13-14(2)3)12-16(5)24(19)26)22(25)23-18-11-8-10-15(4)17(18)6/h8,10-12,14H,7,9,13H2,1-6H3,(H,23,25). The van der Waals surface area contributed by atoms with E-state index in [1.165, 1.54) is 0 Å². The maximum atomic E-state index is 13.2. The van der Waals surface area contributed by atoms with Gasteiger partial charge in [0.05, 0.1) is 6.61 Å². The van der Waals surface area contributed by atoms with Crippen molar-refractivity contribution in [3.8, 4) is 5.75 Å². The van der Waals surface area contributed by atoms with Crippen molar-refractivity contribution in [2.24, 2.45) is 5.92 Å². The third-order valence-electron chi connectivity index (χ3n) is 4.58. The van der Waals surface area contributed by atoms with Crippen molar-refractivity contribution in [2.75, 3.05) is 11.9 Å². The van der Waals surface area contributed by atoms with Crippen LogP contribution in [0.5, 0.6) is 5.75 Å². The van der Waals surface area contributed by atoms with Gasteiger partial charge >= 0.3 is 0 Å². The molecule has 0 spiro atoms. The third-order valence-corrected chi connectivity index (χ3v) is 4.58. The first-order valence-corrected chi connectivity index (χ1v) is 9.52. The molecule has 0 unspecified atom stereocenters. The Labute approximate surface area is 162 Å². The van der Waals surface area contributed by atoms with Crippen LogP contribution in [0.25, 0.3) is 0 Å². The molecule has 0 saturated heterocycles. The van der Waals surface area contributed by atoms with Gasteiger partial charge in [0.2, 0.25) is 5.69 Å². The number of rotatable bonds is 7. The largest absolute Gasteiger partial charge is 0.618 e. The lowest BCUT2D eigenvalue weighted by Gasteiger charge is -2.18. The van der Waals surface area contributed by atoms with Crippen molar-refractivity contribution in [1.82, 2.24) is 0 Å². The Hall–Kier alpha value is -2.56. The predicted octanol–water partition coefficient (Wildman–Crippen LogP) is 4.48. The van der Waals surface area contributed by atoms with Crippen LogP contribution >= 0.6 is 0 Å². The van der Waals surface area contributed by atoms with Gasteiger partial charge in [-0.1, -0.05) is 32.9 Å². The number of carbonyl (C=O) groups excluding carboxylic acids is 1. The zero-order valence-corrected chi connectivity index (χ0v) is 17.2. The van der Waals surface area contributed by atoms with Crippen LogP contribution in [0.15, 0.2) is 24.3 Å². The van der Waals surface area contributed by atoms with Crippen LogP contribution in [-0.2, 0) is 6.42 Å². The lowest BCUT2D eigenvalue weighted by Crippen LogP contribution is -2.38. The fourth-order valence-corrected chi connectivity index (χ4v) is 2.93. The molecule has 0 aliphatic rings. The highest BCUT2D eigenvalue weighted by atomic mass is 16.5. The Balaban J connectivity index is 2.51. The van der Waals surface area contributed by atoms with Crippen LogP contribution in [0.4, 0.5) is 5.69 Å². The van der Waals surface area contributed by atoms with Gasteiger partial charge in [-0.3, -0.25) is 4.79 Å². The number of ether oxygens (including phenoxy) is 1. The average Bonchev–Trinajstić information content (AvgIpc) is 2.61. The summed E-state index contributed by atoms with van der Waals surface area (Å²) in [5, 5.41) is 15.6. The Morgan fingerprint density at radius 1 is 1.26 bits per heavy atom. The van der Waals surface area contributed by atoms with E-state index in [0.717, 1.165) is 28.0 Å². The second kappa shape index (κ2) is 8.89. The van der Waals surface area contributed by atoms with Gasteiger partial charge < -0.3 is 15.3 Å². The van der Waals surface area contributed by atoms with Gasteiger partial charge in [0, 0.05) is 25.1 Å². The summed E-state index contributed by atoms with van der Waals surface area (Å²) >= 11 is 0. The van der Waals surface area contributed by atoms with E-state index < -0.39 is 0 Å². The van der Waals surface area contributed by atoms with Gasteiger partial charge in [-0.05, 0) is 43.4 Å². The number of benzene rings is 1. The number of nitrogens with one attached hydrogen (secondary N) is 1. The molecule has 1 aromatic carbocycles. The first kappa shape index (κ1) is 20.7. The van der Waals surface area contributed by atoms with Crippen molar-refractivity contribution in [3.05, 3.63) is 57.6 Å². The molecule has 2 aromatic rings. The Kier molecular flexibility index (Phi) is 6.83. The van der Waals surface area contributed by atoms with Crippen LogP contribution in [0.1, 0.15) is 60.1 Å². The molecule has 0 aliphatic carbocycles. The molecule has 0 atom stereocenters. The number of nitrogens with zero attached hydrogens (tertiary/aromatic N) is 1. The first-order chi connectivity index (χ1) is 12.8. The molecule has 0 radical (unpaired) electrons. The normalized spacial score (nSPS) is 10.9. The summed E-state index contributed by atoms with van der Waals surface area (Å²) in [6, 6.07) is 7.44. The SMILES string of the molecule is CCCc1c(C(=O)Nc2cccc(C)c2C)c(OCC(C)C)cc(C)[n+]1[O-]. The first-order valence-electron chi connectivity index (χ1n) is 9.52. The number of aryl methyl sites for hydroxylation is 2. The molecule has 1 amide bonds. The Bertz CT molecular complexity index is 829. The number of hydrogen-bond acceptors (Lipinski definition) is 3. The Morgan fingerprint density at radius 2 is 1.96 bits per heavy atom. The second-order valence-electron chi connectivity index (χ2n) is 7.42. The van der Waals surface area contributed by atoms with Gasteiger partial charge in [-0.2, -0.15) is 4.73 Å². The highest BCUT2D eigenvalue weighted by Gasteiger charge is 2.27. The van der Waals surface area contributed by atoms with E-state index in [9.17, 15) is 10.0 Å². The molecular formula is C22H30N2O3. The topological polar surface area (TPSA) is 65.3 Å². The summed E-state index contributed by atoms with van der Waals surface area (Å²) in [4.78, 5) is 13.2. The average molecular weight is 370 g/mol. The molecule has 0 saturated carbocycles. The van der Waals surface area contributed by atoms with Gasteiger partial charge in [0.1, 0.15) is 11.3 Å². The summed E-state index contributed by atoms with van der Waals surface area (Å²) in [7, 11) is 0. The van der Waals surface area contributed by atoms with E-state index in [4.69, 9.17) is 4.74 Å². The van der Waals surface area contributed by atoms with Gasteiger partial charge in [-0.25, -0.2) is 0 Å². The van der Waals surface area contributed by atoms with Gasteiger partial charge in [0.15, 0.2) is 5.69 Å². The molecule has 0 aliphatic heterocycles. The number of amides is 1. The van der Waals surface area contributed by atoms with E-state index in [0.29, 0.717) is 41.6 Å². The summed E-state index contributed by atoms with van der Waals surface area (Å²) in [5.41, 5.74) is 4.17. The minimum Gasteiger partial charge on any atom is -0.618 e. The molecule has 5 nitrogen and oxygen atoms in total. The maximum absolute atomic E-state index is 13.2. The summed E-state index contributed by atoms with van der Waals surface area (Å²) in [6.45, 7) is 12.3. The van der Waals surface area contributed by atoms with E-state index >= 15 is 0 Å². The minimum absolute atomic E-state index is 0.310. The zero-order valence-electron chi connectivity index (χ0n) is 17.2. The molecule has 27 heavy (non-hydrogen) atoms. The molecule has 0 bridgehead atoms. The van der Waals surface area contributed by atoms with Crippen LogP contribution in [0.2, 0.25) is 0 Å². The van der Waals surface area contributed by atoms with E-state index in [1.54, 1.807) is 13.0 Å². The molecule has 1 N–H and O–H groups in total. The molecule has 146 valence electrons. The fourth-order valence-electron chi connectivity index (χ4n) is 2.93. The monoisotopic (exact) mass is 370 g/mol. The molecule has 1 heterocycles. The van der Waals surface area contributed by atoms with Crippen molar-refractivity contribution in [2.45, 2.75) is 54.4 Å². The second-order valence-corrected chi connectivity index (χ2v) is 7.42. The highest BCUT2D eigenvalue weighted by Crippen LogP contribution is 2.26. The predicted molar refractivity (Wildman–Crippen MR) is 108 cm³/mol. The smallest absolute Gasteiger partial charge is 0.265 e. The van der Waals surface area contributed by atoms with Crippen LogP contribution in [0, 0.1) is 31.9 Å². The van der Waals surface area contributed by atoms with Crippen molar-refractivity contribution in [3.63, 3.8) is 0 Å². The number of carbonyl (C=O) groups is 1. The summed E-state index contributed by atoms with van der Waals surface area (Å²) in [6.07, 6.45) is 1.28. The van der Waals surface area contributed by atoms with E-state index in [-0.39, 0.29) is 5.91 Å². The minimum atomic E-state index is -0.310.